The maximum Gasteiger partial charge on any atom is 0.405 e. The molecule has 254 valence electrons. The van der Waals surface area contributed by atoms with Crippen LogP contribution in [-0.4, -0.2) is 74.0 Å². The molecule has 8 nitrogen and oxygen atoms in total. The molecule has 1 atom stereocenters. The minimum Gasteiger partial charge on any atom is -0.371 e. The van der Waals surface area contributed by atoms with Gasteiger partial charge in [0.25, 0.3) is 10.9 Å². The van der Waals surface area contributed by atoms with Crippen molar-refractivity contribution in [3.8, 4) is 0 Å². The molecule has 4 rings (SSSR count). The largest absolute Gasteiger partial charge is 0.405 e. The average Bonchev–Trinajstić information content (AvgIpc) is 3.17. The molecule has 12 heteroatoms. The van der Waals surface area contributed by atoms with Crippen molar-refractivity contribution in [1.29, 1.82) is 0 Å². The maximum absolute atomic E-state index is 14.3. The van der Waals surface area contributed by atoms with E-state index in [0.717, 1.165) is 63.2 Å². The van der Waals surface area contributed by atoms with Gasteiger partial charge in [0.05, 0.1) is 0 Å². The van der Waals surface area contributed by atoms with Gasteiger partial charge in [-0.2, -0.15) is 13.2 Å². The number of rotatable bonds is 10. The number of benzene rings is 1. The van der Waals surface area contributed by atoms with Crippen LogP contribution in [0.2, 0.25) is 0 Å². The molecule has 0 aromatic heterocycles. The van der Waals surface area contributed by atoms with Crippen molar-refractivity contribution in [2.45, 2.75) is 72.1 Å². The zero-order valence-corrected chi connectivity index (χ0v) is 27.6. The van der Waals surface area contributed by atoms with Crippen molar-refractivity contribution in [1.82, 2.24) is 15.1 Å². The van der Waals surface area contributed by atoms with Crippen LogP contribution in [0.4, 0.5) is 28.9 Å². The second kappa shape index (κ2) is 16.5. The van der Waals surface area contributed by atoms with Crippen LogP contribution in [0.3, 0.4) is 0 Å². The van der Waals surface area contributed by atoms with E-state index < -0.39 is 23.6 Å². The summed E-state index contributed by atoms with van der Waals surface area (Å²) in [6, 6.07) is 5.63. The van der Waals surface area contributed by atoms with Crippen LogP contribution in [-0.2, 0) is 6.54 Å². The second-order valence-corrected chi connectivity index (χ2v) is 12.4. The first-order chi connectivity index (χ1) is 21.7. The van der Waals surface area contributed by atoms with Gasteiger partial charge in [0.15, 0.2) is 0 Å². The van der Waals surface area contributed by atoms with Crippen LogP contribution in [0, 0.1) is 18.7 Å². The number of hydrogen-bond donors (Lipinski definition) is 3. The van der Waals surface area contributed by atoms with Gasteiger partial charge in [-0.15, -0.1) is 0 Å². The Morgan fingerprint density at radius 2 is 1.80 bits per heavy atom. The summed E-state index contributed by atoms with van der Waals surface area (Å²) < 4.78 is 50.2. The molecule has 2 fully saturated rings. The Bertz CT molecular complexity index is 1450. The van der Waals surface area contributed by atoms with E-state index in [1.165, 1.54) is 31.7 Å². The van der Waals surface area contributed by atoms with Crippen molar-refractivity contribution in [3.05, 3.63) is 79.1 Å². The Balaban J connectivity index is 0.000000277. The Morgan fingerprint density at radius 1 is 1.13 bits per heavy atom. The highest BCUT2D eigenvalue weighted by Gasteiger charge is 2.42. The molecule has 0 radical (unpaired) electrons. The third-order valence-electron chi connectivity index (χ3n) is 8.96. The molecular formula is C34H48F4N6O2. The number of aryl methyl sites for hydroxylation is 1. The summed E-state index contributed by atoms with van der Waals surface area (Å²) in [5, 5.41) is 8.34. The van der Waals surface area contributed by atoms with Crippen molar-refractivity contribution >= 4 is 18.1 Å². The Labute approximate surface area is 269 Å². The number of nitrogens with zero attached hydrogens (tertiary/aromatic N) is 3. The molecule has 1 unspecified atom stereocenters. The van der Waals surface area contributed by atoms with Crippen LogP contribution in [0.1, 0.15) is 58.1 Å². The van der Waals surface area contributed by atoms with E-state index in [-0.39, 0.29) is 22.7 Å². The summed E-state index contributed by atoms with van der Waals surface area (Å²) in [5.41, 5.74) is 1.51. The number of anilines is 2. The maximum atomic E-state index is 14.3. The van der Waals surface area contributed by atoms with E-state index in [4.69, 9.17) is 0 Å². The zero-order chi connectivity index (χ0) is 34.1. The Morgan fingerprint density at radius 3 is 2.39 bits per heavy atom. The summed E-state index contributed by atoms with van der Waals surface area (Å²) in [5.74, 6) is 0.618. The lowest BCUT2D eigenvalue weighted by Crippen LogP contribution is -2.57. The van der Waals surface area contributed by atoms with Crippen molar-refractivity contribution in [3.63, 3.8) is 0 Å². The molecule has 0 amide bonds. The minimum absolute atomic E-state index is 0.0608. The lowest BCUT2D eigenvalue weighted by molar-refractivity contribution is -0.115. The normalized spacial score (nSPS) is 19.8. The van der Waals surface area contributed by atoms with Crippen molar-refractivity contribution < 1.29 is 17.6 Å². The first-order valence-electron chi connectivity index (χ1n) is 15.8. The summed E-state index contributed by atoms with van der Waals surface area (Å²) in [7, 11) is 0. The number of allylic oxidation sites excluding steroid dienone is 2. The third-order valence-corrected chi connectivity index (χ3v) is 8.96. The van der Waals surface area contributed by atoms with Crippen LogP contribution >= 0.6 is 0 Å². The fourth-order valence-electron chi connectivity index (χ4n) is 6.24. The third kappa shape index (κ3) is 10.1. The molecule has 0 saturated carbocycles. The highest BCUT2D eigenvalue weighted by molar-refractivity contribution is 5.75. The number of aliphatic imine (C=N–C) groups is 1. The van der Waals surface area contributed by atoms with E-state index in [9.17, 15) is 27.2 Å². The number of piperidine rings is 1. The fourth-order valence-corrected chi connectivity index (χ4v) is 6.24. The van der Waals surface area contributed by atoms with Crippen LogP contribution < -0.4 is 26.8 Å². The summed E-state index contributed by atoms with van der Waals surface area (Å²) in [4.78, 5) is 30.7. The number of likely N-dealkylation sites (tertiary alicyclic amines) is 1. The lowest BCUT2D eigenvalue weighted by atomic mass is 9.74. The van der Waals surface area contributed by atoms with E-state index in [1.807, 2.05) is 24.4 Å². The van der Waals surface area contributed by atoms with Crippen molar-refractivity contribution in [2.75, 3.05) is 56.4 Å². The number of nitrogens with one attached hydrogen (secondary N) is 3. The SMILES string of the molecule is C/C=C(/C)CN1CCNC2(CCN(Cc3ccc(C)cc3F)CC2)C(CC)C1.C=N/C=C(\C)Nc1c(NCC(F)(F)F)c(=O)c1=O. The molecule has 2 aromatic rings. The van der Waals surface area contributed by atoms with Gasteiger partial charge in [-0.05, 0) is 64.8 Å². The van der Waals surface area contributed by atoms with Gasteiger partial charge >= 0.3 is 6.18 Å². The molecule has 2 aliphatic rings. The number of alkyl halides is 3. The van der Waals surface area contributed by atoms with E-state index >= 15 is 0 Å². The molecule has 0 bridgehead atoms. The van der Waals surface area contributed by atoms with Gasteiger partial charge in [0.2, 0.25) is 0 Å². The standard InChI is InChI=1S/C24H38FN3.C10H10F3N3O2/c1-5-19(3)16-28-14-11-26-24(22(6-2)18-28)9-12-27(13-10-24)17-21-8-7-20(4)15-23(21)25;1-5(3-14-2)16-7-6(8(17)9(7)18)15-4-10(11,12)13/h5,7-8,15,22,26H,6,9-14,16-18H2,1-4H3;3,15-16H,2,4H2,1H3/b19-5-;5-3+. The molecule has 2 saturated heterocycles. The zero-order valence-electron chi connectivity index (χ0n) is 27.6. The van der Waals surface area contributed by atoms with Gasteiger partial charge in [0, 0.05) is 68.8 Å². The van der Waals surface area contributed by atoms with E-state index in [0.29, 0.717) is 11.6 Å². The molecule has 2 aliphatic heterocycles. The molecule has 3 N–H and O–H groups in total. The highest BCUT2D eigenvalue weighted by Crippen LogP contribution is 2.35. The van der Waals surface area contributed by atoms with Gasteiger partial charge < -0.3 is 16.0 Å². The Hall–Kier alpha value is -3.35. The Kier molecular flexibility index (Phi) is 13.3. The van der Waals surface area contributed by atoms with E-state index in [2.05, 4.69) is 59.0 Å². The monoisotopic (exact) mass is 648 g/mol. The van der Waals surface area contributed by atoms with Gasteiger partial charge in [-0.3, -0.25) is 24.4 Å². The summed E-state index contributed by atoms with van der Waals surface area (Å²) in [6.07, 6.45) is 2.57. The van der Waals surface area contributed by atoms with Crippen LogP contribution in [0.5, 0.6) is 0 Å². The highest BCUT2D eigenvalue weighted by atomic mass is 19.4. The molecule has 2 aromatic carbocycles. The first-order valence-corrected chi connectivity index (χ1v) is 15.8. The minimum atomic E-state index is -4.47. The molecule has 2 heterocycles. The van der Waals surface area contributed by atoms with Crippen LogP contribution in [0.15, 0.2) is 56.3 Å². The van der Waals surface area contributed by atoms with E-state index in [1.54, 1.807) is 6.07 Å². The smallest absolute Gasteiger partial charge is 0.371 e. The number of hydrogen-bond acceptors (Lipinski definition) is 8. The topological polar surface area (TPSA) is 89.1 Å². The van der Waals surface area contributed by atoms with Gasteiger partial charge in [0.1, 0.15) is 23.7 Å². The summed E-state index contributed by atoms with van der Waals surface area (Å²) >= 11 is 0. The van der Waals surface area contributed by atoms with Gasteiger partial charge in [-0.25, -0.2) is 4.39 Å². The number of halogens is 4. The predicted octanol–water partition coefficient (Wildman–Crippen LogP) is 5.60. The second-order valence-electron chi connectivity index (χ2n) is 12.4. The average molecular weight is 649 g/mol. The first kappa shape index (κ1) is 37.1. The van der Waals surface area contributed by atoms with Gasteiger partial charge in [-0.1, -0.05) is 37.1 Å². The molecule has 46 heavy (non-hydrogen) atoms. The fraction of sp³-hybridized carbons (Fsp3) is 0.559. The quantitative estimate of drug-likeness (QED) is 0.134. The predicted molar refractivity (Wildman–Crippen MR) is 179 cm³/mol. The lowest BCUT2D eigenvalue weighted by Gasteiger charge is -2.46. The van der Waals surface area contributed by atoms with Crippen LogP contribution in [0.25, 0.3) is 0 Å². The summed E-state index contributed by atoms with van der Waals surface area (Å²) in [6.45, 7) is 19.3. The molecule has 1 spiro atoms. The molecule has 0 aliphatic carbocycles. The van der Waals surface area contributed by atoms with Crippen molar-refractivity contribution in [2.24, 2.45) is 10.9 Å². The molecular weight excluding hydrogens is 600 g/mol.